The third-order valence-corrected chi connectivity index (χ3v) is 1.91. The molecule has 2 atom stereocenters. The minimum atomic E-state index is -0.210. The van der Waals surface area contributed by atoms with Gasteiger partial charge < -0.3 is 0 Å². The highest BCUT2D eigenvalue weighted by Gasteiger charge is 2.39. The smallest absolute Gasteiger partial charge is 0.225 e. The highest BCUT2D eigenvalue weighted by Crippen LogP contribution is 2.41. The van der Waals surface area contributed by atoms with Crippen molar-refractivity contribution in [3.8, 4) is 0 Å². The van der Waals surface area contributed by atoms with Crippen molar-refractivity contribution in [2.75, 3.05) is 0 Å². The van der Waals surface area contributed by atoms with Crippen LogP contribution in [0, 0.1) is 11.8 Å². The monoisotopic (exact) mass is 156 g/mol. The number of allylic oxidation sites excluding steroid dienone is 3. The molecular formula is C8H9ClO. The molecule has 0 bridgehead atoms. The van der Waals surface area contributed by atoms with Crippen LogP contribution in [-0.2, 0) is 4.79 Å². The molecule has 0 spiro atoms. The Labute approximate surface area is 65.4 Å². The first-order chi connectivity index (χ1) is 4.75. The first-order valence-corrected chi connectivity index (χ1v) is 3.62. The van der Waals surface area contributed by atoms with Crippen LogP contribution in [-0.4, -0.2) is 5.24 Å². The zero-order valence-corrected chi connectivity index (χ0v) is 6.34. The summed E-state index contributed by atoms with van der Waals surface area (Å²) < 4.78 is 0. The van der Waals surface area contributed by atoms with Gasteiger partial charge in [-0.15, -0.1) is 0 Å². The van der Waals surface area contributed by atoms with Gasteiger partial charge in [0.05, 0.1) is 0 Å². The summed E-state index contributed by atoms with van der Waals surface area (Å²) in [6, 6.07) is 0. The molecule has 54 valence electrons. The Balaban J connectivity index is 2.32. The molecule has 1 nitrogen and oxygen atoms in total. The van der Waals surface area contributed by atoms with Gasteiger partial charge in [0.2, 0.25) is 5.24 Å². The standard InChI is InChI=1S/C8H9ClO/c1-2-3-4-6-5-7(6)8(9)10/h2-4,6-7H,1,5H2/b4-3+/t6-,7-/m0/s1. The molecule has 0 N–H and O–H groups in total. The maximum absolute atomic E-state index is 10.5. The van der Waals surface area contributed by atoms with Crippen LogP contribution in [0.15, 0.2) is 24.8 Å². The molecule has 1 fully saturated rings. The number of carbonyl (C=O) groups excluding carboxylic acids is 1. The lowest BCUT2D eigenvalue weighted by atomic mass is 10.3. The third-order valence-electron chi connectivity index (χ3n) is 1.63. The van der Waals surface area contributed by atoms with Crippen LogP contribution in [0.1, 0.15) is 6.42 Å². The fraction of sp³-hybridized carbons (Fsp3) is 0.375. The highest BCUT2D eigenvalue weighted by atomic mass is 35.5. The summed E-state index contributed by atoms with van der Waals surface area (Å²) in [4.78, 5) is 10.5. The van der Waals surface area contributed by atoms with Gasteiger partial charge in [0, 0.05) is 5.92 Å². The topological polar surface area (TPSA) is 17.1 Å². The van der Waals surface area contributed by atoms with E-state index in [1.54, 1.807) is 6.08 Å². The van der Waals surface area contributed by atoms with Gasteiger partial charge in [-0.2, -0.15) is 0 Å². The Bertz CT molecular complexity index is 184. The second-order valence-corrected chi connectivity index (χ2v) is 2.80. The van der Waals surface area contributed by atoms with Crippen molar-refractivity contribution in [3.05, 3.63) is 24.8 Å². The molecule has 1 aliphatic carbocycles. The van der Waals surface area contributed by atoms with E-state index in [-0.39, 0.29) is 11.2 Å². The number of hydrogen-bond donors (Lipinski definition) is 0. The van der Waals surface area contributed by atoms with Gasteiger partial charge >= 0.3 is 0 Å². The van der Waals surface area contributed by atoms with E-state index in [4.69, 9.17) is 11.6 Å². The Hall–Kier alpha value is -0.560. The van der Waals surface area contributed by atoms with E-state index in [1.165, 1.54) is 0 Å². The van der Waals surface area contributed by atoms with Crippen molar-refractivity contribution in [2.45, 2.75) is 6.42 Å². The molecule has 0 radical (unpaired) electrons. The largest absolute Gasteiger partial charge is 0.281 e. The molecule has 1 saturated carbocycles. The summed E-state index contributed by atoms with van der Waals surface area (Å²) in [5, 5.41) is -0.210. The Morgan fingerprint density at radius 3 is 2.80 bits per heavy atom. The minimum absolute atomic E-state index is 0.0814. The van der Waals surface area contributed by atoms with Crippen LogP contribution in [0.4, 0.5) is 0 Å². The number of carbonyl (C=O) groups is 1. The third kappa shape index (κ3) is 1.71. The highest BCUT2D eigenvalue weighted by molar-refractivity contribution is 6.64. The normalized spacial score (nSPS) is 30.5. The van der Waals surface area contributed by atoms with Crippen molar-refractivity contribution >= 4 is 16.8 Å². The van der Waals surface area contributed by atoms with Crippen LogP contribution < -0.4 is 0 Å². The Morgan fingerprint density at radius 2 is 2.40 bits per heavy atom. The van der Waals surface area contributed by atoms with Crippen LogP contribution in [0.5, 0.6) is 0 Å². The molecule has 0 aromatic heterocycles. The average Bonchev–Trinajstić information content (AvgIpc) is 2.62. The summed E-state index contributed by atoms with van der Waals surface area (Å²) in [5.74, 6) is 0.459. The second kappa shape index (κ2) is 3.02. The van der Waals surface area contributed by atoms with Crippen molar-refractivity contribution in [1.29, 1.82) is 0 Å². The lowest BCUT2D eigenvalue weighted by Crippen LogP contribution is -1.89. The van der Waals surface area contributed by atoms with Gasteiger partial charge in [0.1, 0.15) is 0 Å². The van der Waals surface area contributed by atoms with Gasteiger partial charge in [-0.25, -0.2) is 0 Å². The van der Waals surface area contributed by atoms with E-state index < -0.39 is 0 Å². The molecule has 0 aromatic rings. The quantitative estimate of drug-likeness (QED) is 0.452. The van der Waals surface area contributed by atoms with Crippen LogP contribution in [0.2, 0.25) is 0 Å². The predicted molar refractivity (Wildman–Crippen MR) is 41.8 cm³/mol. The van der Waals surface area contributed by atoms with E-state index >= 15 is 0 Å². The molecule has 1 rings (SSSR count). The summed E-state index contributed by atoms with van der Waals surface area (Å²) in [6.07, 6.45) is 6.43. The molecular weight excluding hydrogens is 148 g/mol. The van der Waals surface area contributed by atoms with E-state index in [0.717, 1.165) is 6.42 Å². The fourth-order valence-electron chi connectivity index (χ4n) is 0.910. The van der Waals surface area contributed by atoms with Crippen LogP contribution in [0.25, 0.3) is 0 Å². The summed E-state index contributed by atoms with van der Waals surface area (Å²) >= 11 is 5.25. The zero-order valence-electron chi connectivity index (χ0n) is 5.59. The average molecular weight is 157 g/mol. The van der Waals surface area contributed by atoms with Crippen molar-refractivity contribution < 1.29 is 4.79 Å². The van der Waals surface area contributed by atoms with Crippen molar-refractivity contribution in [3.63, 3.8) is 0 Å². The number of halogens is 1. The van der Waals surface area contributed by atoms with Gasteiger partial charge in [0.15, 0.2) is 0 Å². The molecule has 10 heavy (non-hydrogen) atoms. The molecule has 2 heteroatoms. The molecule has 0 heterocycles. The van der Waals surface area contributed by atoms with E-state index in [9.17, 15) is 4.79 Å². The minimum Gasteiger partial charge on any atom is -0.281 e. The predicted octanol–water partition coefficient (Wildman–Crippen LogP) is 2.13. The van der Waals surface area contributed by atoms with E-state index in [1.807, 2.05) is 12.2 Å². The molecule has 0 amide bonds. The molecule has 1 aliphatic rings. The SMILES string of the molecule is C=C/C=C/[C@H]1C[C@@H]1C(=O)Cl. The molecule has 0 aromatic carbocycles. The first-order valence-electron chi connectivity index (χ1n) is 3.24. The molecule has 0 saturated heterocycles. The van der Waals surface area contributed by atoms with Gasteiger partial charge in [-0.1, -0.05) is 24.8 Å². The molecule has 0 unspecified atom stereocenters. The maximum atomic E-state index is 10.5. The summed E-state index contributed by atoms with van der Waals surface area (Å²) in [7, 11) is 0. The van der Waals surface area contributed by atoms with Gasteiger partial charge in [0.25, 0.3) is 0 Å². The number of hydrogen-bond acceptors (Lipinski definition) is 1. The van der Waals surface area contributed by atoms with Gasteiger partial charge in [-0.3, -0.25) is 4.79 Å². The summed E-state index contributed by atoms with van der Waals surface area (Å²) in [5.41, 5.74) is 0. The first kappa shape index (κ1) is 7.55. The summed E-state index contributed by atoms with van der Waals surface area (Å²) in [6.45, 7) is 3.53. The second-order valence-electron chi connectivity index (χ2n) is 2.43. The molecule has 0 aliphatic heterocycles. The lowest BCUT2D eigenvalue weighted by Gasteiger charge is -1.81. The Morgan fingerprint density at radius 1 is 1.70 bits per heavy atom. The van der Waals surface area contributed by atoms with Crippen molar-refractivity contribution in [2.24, 2.45) is 11.8 Å². The number of rotatable bonds is 3. The van der Waals surface area contributed by atoms with Crippen LogP contribution >= 0.6 is 11.6 Å². The van der Waals surface area contributed by atoms with E-state index in [2.05, 4.69) is 6.58 Å². The fourth-order valence-corrected chi connectivity index (χ4v) is 1.16. The lowest BCUT2D eigenvalue weighted by molar-refractivity contribution is -0.112. The van der Waals surface area contributed by atoms with Gasteiger partial charge in [-0.05, 0) is 23.9 Å². The zero-order chi connectivity index (χ0) is 7.56. The maximum Gasteiger partial charge on any atom is 0.225 e. The van der Waals surface area contributed by atoms with Crippen LogP contribution in [0.3, 0.4) is 0 Å². The van der Waals surface area contributed by atoms with Crippen molar-refractivity contribution in [1.82, 2.24) is 0 Å². The Kier molecular flexibility index (Phi) is 2.28. The van der Waals surface area contributed by atoms with E-state index in [0.29, 0.717) is 5.92 Å².